The van der Waals surface area contributed by atoms with Crippen molar-refractivity contribution in [3.63, 3.8) is 0 Å². The topological polar surface area (TPSA) is 130 Å². The predicted molar refractivity (Wildman–Crippen MR) is 156 cm³/mol. The van der Waals surface area contributed by atoms with Crippen LogP contribution in [0.2, 0.25) is 0 Å². The van der Waals surface area contributed by atoms with Crippen molar-refractivity contribution in [2.75, 3.05) is 19.6 Å². The largest absolute Gasteiger partial charge is 0.348 e. The Balaban J connectivity index is 1.16. The molecule has 2 atom stereocenters. The Morgan fingerprint density at radius 2 is 1.67 bits per heavy atom. The van der Waals surface area contributed by atoms with E-state index in [1.165, 1.54) is 19.3 Å². The summed E-state index contributed by atoms with van der Waals surface area (Å²) in [4.78, 5) is 58.8. The van der Waals surface area contributed by atoms with Gasteiger partial charge in [0, 0.05) is 32.5 Å². The van der Waals surface area contributed by atoms with Crippen LogP contribution in [0.1, 0.15) is 62.6 Å². The van der Waals surface area contributed by atoms with Crippen molar-refractivity contribution in [1.29, 1.82) is 0 Å². The minimum atomic E-state index is -0.866. The van der Waals surface area contributed by atoms with Crippen molar-refractivity contribution >= 4 is 23.6 Å². The molecule has 0 spiro atoms. The molecule has 8 rings (SSSR count). The molecule has 0 radical (unpaired) electrons. The molecule has 3 heterocycles. The van der Waals surface area contributed by atoms with Crippen LogP contribution in [0.15, 0.2) is 36.5 Å². The van der Waals surface area contributed by atoms with Gasteiger partial charge in [0.2, 0.25) is 23.6 Å². The van der Waals surface area contributed by atoms with Crippen molar-refractivity contribution < 1.29 is 19.2 Å². The molecule has 4 amide bonds. The first-order chi connectivity index (χ1) is 20.8. The molecule has 2 aliphatic heterocycles. The van der Waals surface area contributed by atoms with Crippen LogP contribution >= 0.6 is 0 Å². The van der Waals surface area contributed by atoms with E-state index in [0.717, 1.165) is 24.8 Å². The second-order valence-corrected chi connectivity index (χ2v) is 13.6. The van der Waals surface area contributed by atoms with E-state index in [0.29, 0.717) is 49.4 Å². The van der Waals surface area contributed by atoms with Crippen LogP contribution in [0.4, 0.5) is 0 Å². The number of aromatic nitrogens is 3. The van der Waals surface area contributed by atoms with Crippen molar-refractivity contribution in [3.8, 4) is 0 Å². The maximum absolute atomic E-state index is 14.3. The molecule has 1 saturated heterocycles. The molecule has 11 nitrogen and oxygen atoms in total. The molecule has 2 aromatic rings. The Kier molecular flexibility index (Phi) is 7.43. The number of benzene rings is 1. The number of nitrogens with zero attached hydrogens (tertiary/aromatic N) is 5. The smallest absolute Gasteiger partial charge is 0.246 e. The van der Waals surface area contributed by atoms with Crippen molar-refractivity contribution in [2.45, 2.75) is 83.0 Å². The Hall–Kier alpha value is -3.76. The summed E-state index contributed by atoms with van der Waals surface area (Å²) >= 11 is 0. The third-order valence-corrected chi connectivity index (χ3v) is 10.5. The fourth-order valence-corrected chi connectivity index (χ4v) is 8.91. The Labute approximate surface area is 251 Å². The van der Waals surface area contributed by atoms with Gasteiger partial charge in [0.25, 0.3) is 0 Å². The summed E-state index contributed by atoms with van der Waals surface area (Å²) in [6, 6.07) is 7.91. The van der Waals surface area contributed by atoms with Gasteiger partial charge < -0.3 is 20.4 Å². The SMILES string of the molecule is O=C1CCCn2cc(nn2)CNC(=O)[C@H]2CN(C(=O)C34CC5CC(CC(C5)C3)C4)CCN2C(=O)[C@H](Cc2ccccc2)N1. The van der Waals surface area contributed by atoms with Gasteiger partial charge in [-0.1, -0.05) is 35.5 Å². The normalized spacial score (nSPS) is 32.8. The number of hydrogen-bond acceptors (Lipinski definition) is 6. The van der Waals surface area contributed by atoms with Gasteiger partial charge in [-0.25, -0.2) is 0 Å². The Morgan fingerprint density at radius 1 is 0.953 bits per heavy atom. The van der Waals surface area contributed by atoms with Crippen LogP contribution < -0.4 is 10.6 Å². The lowest BCUT2D eigenvalue weighted by molar-refractivity contribution is -0.164. The third-order valence-electron chi connectivity index (χ3n) is 10.5. The molecule has 6 aliphatic rings. The van der Waals surface area contributed by atoms with Crippen LogP contribution in [-0.4, -0.2) is 80.1 Å². The lowest BCUT2D eigenvalue weighted by Crippen LogP contribution is -2.66. The van der Waals surface area contributed by atoms with Crippen molar-refractivity contribution in [3.05, 3.63) is 47.8 Å². The van der Waals surface area contributed by atoms with E-state index in [1.54, 1.807) is 15.8 Å². The Bertz CT molecular complexity index is 1360. The van der Waals surface area contributed by atoms with E-state index in [2.05, 4.69) is 20.9 Å². The standard InChI is InChI=1S/C32H41N7O4/c40-28-7-4-8-38-19-25(35-36-38)18-33-29(41)27-20-37(31(43)32-15-22-11-23(16-32)13-24(12-22)17-32)9-10-39(27)30(42)26(34-28)14-21-5-2-1-3-6-21/h1-3,5-6,19,22-24,26-27H,4,7-18,20H2,(H,33,41)(H,34,40)/t22?,23?,24?,26-,27+,32?/m0/s1. The first-order valence-electron chi connectivity index (χ1n) is 15.9. The van der Waals surface area contributed by atoms with Gasteiger partial charge in [0.1, 0.15) is 17.8 Å². The first kappa shape index (κ1) is 28.0. The zero-order valence-electron chi connectivity index (χ0n) is 24.6. The van der Waals surface area contributed by atoms with E-state index in [-0.39, 0.29) is 55.1 Å². The van der Waals surface area contributed by atoms with Gasteiger partial charge >= 0.3 is 0 Å². The number of carbonyl (C=O) groups excluding carboxylic acids is 4. The van der Waals surface area contributed by atoms with Gasteiger partial charge in [-0.05, 0) is 68.3 Å². The van der Waals surface area contributed by atoms with E-state index in [9.17, 15) is 19.2 Å². The molecule has 6 bridgehead atoms. The lowest BCUT2D eigenvalue weighted by atomic mass is 9.49. The minimum Gasteiger partial charge on any atom is -0.348 e. The Morgan fingerprint density at radius 3 is 2.40 bits per heavy atom. The number of hydrogen-bond donors (Lipinski definition) is 2. The highest BCUT2D eigenvalue weighted by Crippen LogP contribution is 2.60. The first-order valence-corrected chi connectivity index (χ1v) is 15.9. The quantitative estimate of drug-likeness (QED) is 0.562. The molecule has 0 unspecified atom stereocenters. The predicted octanol–water partition coefficient (Wildman–Crippen LogP) is 1.67. The molecule has 2 N–H and O–H groups in total. The summed E-state index contributed by atoms with van der Waals surface area (Å²) in [7, 11) is 0. The number of carbonyl (C=O) groups is 4. The van der Waals surface area contributed by atoms with E-state index in [1.807, 2.05) is 35.2 Å². The number of aryl methyl sites for hydroxylation is 1. The highest BCUT2D eigenvalue weighted by molar-refractivity contribution is 5.93. The summed E-state index contributed by atoms with van der Waals surface area (Å²) in [6.07, 6.45) is 9.47. The third kappa shape index (κ3) is 5.65. The van der Waals surface area contributed by atoms with Crippen LogP contribution in [0.3, 0.4) is 0 Å². The average molecular weight is 588 g/mol. The highest BCUT2D eigenvalue weighted by Gasteiger charge is 2.56. The zero-order chi connectivity index (χ0) is 29.6. The van der Waals surface area contributed by atoms with Crippen LogP contribution in [0.25, 0.3) is 0 Å². The summed E-state index contributed by atoms with van der Waals surface area (Å²) in [5, 5.41) is 14.2. The lowest BCUT2D eigenvalue weighted by Gasteiger charge is -2.57. The molecule has 11 heteroatoms. The average Bonchev–Trinajstić information content (AvgIpc) is 3.45. The molecule has 228 valence electrons. The zero-order valence-corrected chi connectivity index (χ0v) is 24.6. The summed E-state index contributed by atoms with van der Waals surface area (Å²) in [6.45, 7) is 1.45. The number of nitrogens with one attached hydrogen (secondary N) is 2. The van der Waals surface area contributed by atoms with E-state index >= 15 is 0 Å². The van der Waals surface area contributed by atoms with Crippen LogP contribution in [0, 0.1) is 23.2 Å². The summed E-state index contributed by atoms with van der Waals surface area (Å²) in [5.41, 5.74) is 1.20. The fourth-order valence-electron chi connectivity index (χ4n) is 8.91. The molecular weight excluding hydrogens is 546 g/mol. The molecule has 43 heavy (non-hydrogen) atoms. The van der Waals surface area contributed by atoms with Gasteiger partial charge in [-0.2, -0.15) is 0 Å². The second-order valence-electron chi connectivity index (χ2n) is 13.6. The van der Waals surface area contributed by atoms with Gasteiger partial charge in [0.05, 0.1) is 24.7 Å². The monoisotopic (exact) mass is 587 g/mol. The second kappa shape index (κ2) is 11.4. The summed E-state index contributed by atoms with van der Waals surface area (Å²) in [5.74, 6) is 1.23. The van der Waals surface area contributed by atoms with Crippen molar-refractivity contribution in [2.24, 2.45) is 23.2 Å². The maximum Gasteiger partial charge on any atom is 0.246 e. The van der Waals surface area contributed by atoms with Crippen LogP contribution in [0.5, 0.6) is 0 Å². The fraction of sp³-hybridized carbons (Fsp3) is 0.625. The molecule has 4 saturated carbocycles. The van der Waals surface area contributed by atoms with Gasteiger partial charge in [0.15, 0.2) is 0 Å². The number of fused-ring (bicyclic) bond motifs is 3. The van der Waals surface area contributed by atoms with E-state index < -0.39 is 12.1 Å². The van der Waals surface area contributed by atoms with E-state index in [4.69, 9.17) is 0 Å². The van der Waals surface area contributed by atoms with Crippen molar-refractivity contribution in [1.82, 2.24) is 35.4 Å². The van der Waals surface area contributed by atoms with Gasteiger partial charge in [-0.15, -0.1) is 5.10 Å². The maximum atomic E-state index is 14.3. The molecule has 1 aromatic heterocycles. The highest BCUT2D eigenvalue weighted by atomic mass is 16.2. The number of piperazine rings is 1. The molecule has 5 fully saturated rings. The molecule has 4 aliphatic carbocycles. The summed E-state index contributed by atoms with van der Waals surface area (Å²) < 4.78 is 1.67. The molecule has 1 aromatic carbocycles. The number of amides is 4. The number of rotatable bonds is 3. The van der Waals surface area contributed by atoms with Gasteiger partial charge in [-0.3, -0.25) is 23.9 Å². The minimum absolute atomic E-state index is 0.150. The molecular formula is C32H41N7O4. The van der Waals surface area contributed by atoms with Crippen LogP contribution in [-0.2, 0) is 38.7 Å².